The van der Waals surface area contributed by atoms with E-state index >= 15 is 0 Å². The number of amides is 1. The van der Waals surface area contributed by atoms with E-state index in [0.29, 0.717) is 18.1 Å². The average molecular weight is 281 g/mol. The summed E-state index contributed by atoms with van der Waals surface area (Å²) >= 11 is 5.98. The molecule has 0 saturated heterocycles. The third-order valence-electron chi connectivity index (χ3n) is 4.81. The second-order valence-electron chi connectivity index (χ2n) is 6.37. The number of hydrogen-bond donors (Lipinski definition) is 1. The molecule has 1 aromatic rings. The molecular weight excluding hydrogens is 260 g/mol. The molecule has 1 heterocycles. The van der Waals surface area contributed by atoms with Gasteiger partial charge in [-0.25, -0.2) is 4.98 Å². The van der Waals surface area contributed by atoms with Gasteiger partial charge in [0.2, 0.25) is 5.91 Å². The Hall–Kier alpha value is -1.09. The number of aromatic nitrogens is 1. The second-order valence-corrected chi connectivity index (χ2v) is 6.73. The minimum absolute atomic E-state index is 0.0863. The number of halogens is 1. The first kappa shape index (κ1) is 14.3. The fourth-order valence-electron chi connectivity index (χ4n) is 2.88. The molecule has 0 atom stereocenters. The van der Waals surface area contributed by atoms with E-state index in [-0.39, 0.29) is 22.7 Å². The van der Waals surface area contributed by atoms with Crippen LogP contribution in [0, 0.1) is 16.7 Å². The van der Waals surface area contributed by atoms with Gasteiger partial charge in [0.25, 0.3) is 0 Å². The molecule has 0 unspecified atom stereocenters. The Morgan fingerprint density at radius 1 is 1.37 bits per heavy atom. The minimum Gasteiger partial charge on any atom is -0.355 e. The Bertz CT molecular complexity index is 483. The topological polar surface area (TPSA) is 42.0 Å². The van der Waals surface area contributed by atoms with Crippen molar-refractivity contribution in [1.29, 1.82) is 0 Å². The van der Waals surface area contributed by atoms with Crippen LogP contribution in [0.15, 0.2) is 18.3 Å². The van der Waals surface area contributed by atoms with Crippen LogP contribution in [0.5, 0.6) is 0 Å². The highest BCUT2D eigenvalue weighted by molar-refractivity contribution is 6.30. The highest BCUT2D eigenvalue weighted by Gasteiger charge is 2.68. The third-order valence-corrected chi connectivity index (χ3v) is 5.15. The standard InChI is InChI=1S/C15H21ClN2O/c1-14(2)11(15(14,3)4)13(19)18-9-7-10-6-5-8-17-12(10)16/h5-6,8,11H,7,9H2,1-4H3,(H,18,19). The number of rotatable bonds is 4. The molecule has 0 aliphatic heterocycles. The molecule has 0 aromatic carbocycles. The summed E-state index contributed by atoms with van der Waals surface area (Å²) in [5.41, 5.74) is 1.14. The first-order valence-corrected chi connectivity index (χ1v) is 7.03. The first-order chi connectivity index (χ1) is 8.78. The van der Waals surface area contributed by atoms with Crippen molar-refractivity contribution in [2.45, 2.75) is 34.1 Å². The average Bonchev–Trinajstić information content (AvgIpc) is 2.72. The number of pyridine rings is 1. The molecule has 1 amide bonds. The molecule has 0 radical (unpaired) electrons. The SMILES string of the molecule is CC1(C)C(C(=O)NCCc2cccnc2Cl)C1(C)C. The van der Waals surface area contributed by atoms with Gasteiger partial charge < -0.3 is 5.32 Å². The summed E-state index contributed by atoms with van der Waals surface area (Å²) in [5, 5.41) is 3.52. The molecule has 1 saturated carbocycles. The van der Waals surface area contributed by atoms with E-state index in [4.69, 9.17) is 11.6 Å². The van der Waals surface area contributed by atoms with Gasteiger partial charge in [-0.1, -0.05) is 45.4 Å². The number of carbonyl (C=O) groups is 1. The molecule has 104 valence electrons. The lowest BCUT2D eigenvalue weighted by atomic mass is 10.0. The van der Waals surface area contributed by atoms with Crippen LogP contribution in [0.25, 0.3) is 0 Å². The monoisotopic (exact) mass is 280 g/mol. The van der Waals surface area contributed by atoms with Crippen molar-refractivity contribution in [2.24, 2.45) is 16.7 Å². The van der Waals surface area contributed by atoms with Gasteiger partial charge in [-0.05, 0) is 28.9 Å². The van der Waals surface area contributed by atoms with Crippen LogP contribution >= 0.6 is 11.6 Å². The van der Waals surface area contributed by atoms with Crippen molar-refractivity contribution in [1.82, 2.24) is 10.3 Å². The molecular formula is C15H21ClN2O. The maximum absolute atomic E-state index is 12.2. The van der Waals surface area contributed by atoms with Crippen molar-refractivity contribution in [3.05, 3.63) is 29.0 Å². The maximum Gasteiger partial charge on any atom is 0.224 e. The van der Waals surface area contributed by atoms with Gasteiger partial charge in [0.15, 0.2) is 0 Å². The smallest absolute Gasteiger partial charge is 0.224 e. The fourth-order valence-corrected chi connectivity index (χ4v) is 3.09. The molecule has 19 heavy (non-hydrogen) atoms. The summed E-state index contributed by atoms with van der Waals surface area (Å²) < 4.78 is 0. The van der Waals surface area contributed by atoms with E-state index in [2.05, 4.69) is 38.0 Å². The van der Waals surface area contributed by atoms with Crippen LogP contribution in [0.4, 0.5) is 0 Å². The highest BCUT2D eigenvalue weighted by Crippen LogP contribution is 2.68. The molecule has 3 nitrogen and oxygen atoms in total. The van der Waals surface area contributed by atoms with Gasteiger partial charge >= 0.3 is 0 Å². The summed E-state index contributed by atoms with van der Waals surface area (Å²) in [5.74, 6) is 0.249. The molecule has 0 bridgehead atoms. The third kappa shape index (κ3) is 2.48. The second kappa shape index (κ2) is 4.78. The van der Waals surface area contributed by atoms with Crippen molar-refractivity contribution in [3.63, 3.8) is 0 Å². The van der Waals surface area contributed by atoms with Crippen LogP contribution in [0.1, 0.15) is 33.3 Å². The van der Waals surface area contributed by atoms with Crippen molar-refractivity contribution < 1.29 is 4.79 Å². The Morgan fingerprint density at radius 3 is 2.53 bits per heavy atom. The Balaban J connectivity index is 1.85. The van der Waals surface area contributed by atoms with E-state index < -0.39 is 0 Å². The molecule has 1 aliphatic rings. The zero-order chi connectivity index (χ0) is 14.3. The summed E-state index contributed by atoms with van der Waals surface area (Å²) in [6, 6.07) is 3.79. The molecule has 1 N–H and O–H groups in total. The van der Waals surface area contributed by atoms with E-state index in [1.54, 1.807) is 6.20 Å². The van der Waals surface area contributed by atoms with Crippen LogP contribution in [0.2, 0.25) is 5.15 Å². The van der Waals surface area contributed by atoms with Crippen molar-refractivity contribution >= 4 is 17.5 Å². The van der Waals surface area contributed by atoms with E-state index in [1.807, 2.05) is 12.1 Å². The van der Waals surface area contributed by atoms with Gasteiger partial charge in [0.05, 0.1) is 0 Å². The van der Waals surface area contributed by atoms with Gasteiger partial charge in [0.1, 0.15) is 5.15 Å². The number of nitrogens with one attached hydrogen (secondary N) is 1. The molecule has 2 rings (SSSR count). The molecule has 4 heteroatoms. The van der Waals surface area contributed by atoms with Crippen molar-refractivity contribution in [3.8, 4) is 0 Å². The lowest BCUT2D eigenvalue weighted by Gasteiger charge is -2.07. The minimum atomic E-state index is 0.0863. The Labute approximate surface area is 119 Å². The summed E-state index contributed by atoms with van der Waals surface area (Å²) in [6.45, 7) is 9.20. The zero-order valence-electron chi connectivity index (χ0n) is 12.0. The Kier molecular flexibility index (Phi) is 3.61. The van der Waals surface area contributed by atoms with Crippen LogP contribution in [-0.4, -0.2) is 17.4 Å². The normalized spacial score (nSPS) is 20.1. The summed E-state index contributed by atoms with van der Waals surface area (Å²) in [7, 11) is 0. The Morgan fingerprint density at radius 2 is 2.00 bits per heavy atom. The van der Waals surface area contributed by atoms with Gasteiger partial charge in [-0.15, -0.1) is 0 Å². The highest BCUT2D eigenvalue weighted by atomic mass is 35.5. The molecule has 1 aromatic heterocycles. The lowest BCUT2D eigenvalue weighted by molar-refractivity contribution is -0.123. The largest absolute Gasteiger partial charge is 0.355 e. The fraction of sp³-hybridized carbons (Fsp3) is 0.600. The van der Waals surface area contributed by atoms with Crippen LogP contribution in [-0.2, 0) is 11.2 Å². The van der Waals surface area contributed by atoms with Crippen LogP contribution in [0.3, 0.4) is 0 Å². The number of nitrogens with zero attached hydrogens (tertiary/aromatic N) is 1. The number of hydrogen-bond acceptors (Lipinski definition) is 2. The van der Waals surface area contributed by atoms with Gasteiger partial charge in [0, 0.05) is 18.7 Å². The maximum atomic E-state index is 12.2. The van der Waals surface area contributed by atoms with Crippen molar-refractivity contribution in [2.75, 3.05) is 6.54 Å². The van der Waals surface area contributed by atoms with Gasteiger partial charge in [-0.3, -0.25) is 4.79 Å². The predicted octanol–water partition coefficient (Wildman–Crippen LogP) is 3.08. The molecule has 0 spiro atoms. The molecule has 1 aliphatic carbocycles. The lowest BCUT2D eigenvalue weighted by Crippen LogP contribution is -2.29. The quantitative estimate of drug-likeness (QED) is 0.861. The van der Waals surface area contributed by atoms with E-state index in [0.717, 1.165) is 5.56 Å². The van der Waals surface area contributed by atoms with E-state index in [9.17, 15) is 4.79 Å². The van der Waals surface area contributed by atoms with E-state index in [1.165, 1.54) is 0 Å². The first-order valence-electron chi connectivity index (χ1n) is 6.65. The van der Waals surface area contributed by atoms with Crippen LogP contribution < -0.4 is 5.32 Å². The summed E-state index contributed by atoms with van der Waals surface area (Å²) in [4.78, 5) is 16.2. The van der Waals surface area contributed by atoms with Gasteiger partial charge in [-0.2, -0.15) is 0 Å². The number of carbonyl (C=O) groups excluding carboxylic acids is 1. The zero-order valence-corrected chi connectivity index (χ0v) is 12.7. The molecule has 1 fully saturated rings. The predicted molar refractivity (Wildman–Crippen MR) is 77.0 cm³/mol. The summed E-state index contributed by atoms with van der Waals surface area (Å²) in [6.07, 6.45) is 2.38.